The lowest BCUT2D eigenvalue weighted by Crippen LogP contribution is -2.14. The molecule has 18 heavy (non-hydrogen) atoms. The number of hydrogen-bond donors (Lipinski definition) is 0. The maximum Gasteiger partial charge on any atom is 0.144 e. The van der Waals surface area contributed by atoms with Crippen LogP contribution in [0, 0.1) is 13.8 Å². The quantitative estimate of drug-likeness (QED) is 0.721. The molecule has 1 fully saturated rings. The summed E-state index contributed by atoms with van der Waals surface area (Å²) in [6.45, 7) is 6.39. The summed E-state index contributed by atoms with van der Waals surface area (Å²) >= 11 is 0. The minimum atomic E-state index is -0.224. The Bertz CT molecular complexity index is 540. The van der Waals surface area contributed by atoms with Crippen molar-refractivity contribution in [2.75, 3.05) is 0 Å². The summed E-state index contributed by atoms with van der Waals surface area (Å²) in [4.78, 5) is 0. The van der Waals surface area contributed by atoms with Crippen molar-refractivity contribution in [3.63, 3.8) is 0 Å². The van der Waals surface area contributed by atoms with Crippen LogP contribution in [0.3, 0.4) is 0 Å². The van der Waals surface area contributed by atoms with E-state index in [2.05, 4.69) is 69.3 Å². The molecule has 92 valence electrons. The van der Waals surface area contributed by atoms with Gasteiger partial charge in [-0.15, -0.1) is 0 Å². The highest BCUT2D eigenvalue weighted by Gasteiger charge is 2.56. The second-order valence-corrected chi connectivity index (χ2v) is 5.23. The first-order valence-electron chi connectivity index (χ1n) is 6.45. The molecule has 1 aliphatic rings. The van der Waals surface area contributed by atoms with E-state index in [-0.39, 0.29) is 11.7 Å². The second-order valence-electron chi connectivity index (χ2n) is 5.23. The Balaban J connectivity index is 2.12. The minimum absolute atomic E-state index is 0.224. The Kier molecular flexibility index (Phi) is 2.53. The van der Waals surface area contributed by atoms with Crippen LogP contribution < -0.4 is 0 Å². The zero-order valence-corrected chi connectivity index (χ0v) is 11.1. The lowest BCUT2D eigenvalue weighted by molar-refractivity contribution is 0.332. The number of ether oxygens (including phenoxy) is 1. The molecule has 0 spiro atoms. The second kappa shape index (κ2) is 3.96. The van der Waals surface area contributed by atoms with Gasteiger partial charge < -0.3 is 4.74 Å². The molecule has 0 amide bonds. The van der Waals surface area contributed by atoms with Crippen molar-refractivity contribution in [3.8, 4) is 0 Å². The first-order valence-corrected chi connectivity index (χ1v) is 6.45. The van der Waals surface area contributed by atoms with Gasteiger partial charge in [0.1, 0.15) is 5.60 Å². The third kappa shape index (κ3) is 1.67. The Morgan fingerprint density at radius 1 is 0.889 bits per heavy atom. The fourth-order valence-corrected chi connectivity index (χ4v) is 2.77. The summed E-state index contributed by atoms with van der Waals surface area (Å²) in [5.74, 6) is 0. The molecule has 0 aliphatic carbocycles. The Labute approximate surface area is 108 Å². The van der Waals surface area contributed by atoms with Crippen LogP contribution in [0.15, 0.2) is 48.5 Å². The number of hydrogen-bond acceptors (Lipinski definition) is 1. The summed E-state index contributed by atoms with van der Waals surface area (Å²) in [6.07, 6.45) is 0.251. The minimum Gasteiger partial charge on any atom is -0.356 e. The van der Waals surface area contributed by atoms with Crippen LogP contribution in [0.4, 0.5) is 0 Å². The van der Waals surface area contributed by atoms with Crippen LogP contribution in [-0.2, 0) is 10.3 Å². The number of benzene rings is 2. The van der Waals surface area contributed by atoms with Crippen LogP contribution in [0.25, 0.3) is 0 Å². The average Bonchev–Trinajstić information content (AvgIpc) is 3.02. The number of rotatable bonds is 2. The average molecular weight is 238 g/mol. The third-order valence-electron chi connectivity index (χ3n) is 3.77. The predicted octanol–water partition coefficient (Wildman–Crippen LogP) is 3.97. The van der Waals surface area contributed by atoms with Gasteiger partial charge in [-0.2, -0.15) is 0 Å². The summed E-state index contributed by atoms with van der Waals surface area (Å²) in [5, 5.41) is 0. The molecule has 3 rings (SSSR count). The van der Waals surface area contributed by atoms with Crippen molar-refractivity contribution in [2.45, 2.75) is 32.5 Å². The standard InChI is InChI=1S/C17H18O/c1-12-6-4-8-15(10-12)17(14(3)18-17)16-9-5-7-13(2)11-16/h4-11,14H,1-3H3. The molecule has 2 aromatic carbocycles. The molecule has 1 saturated heterocycles. The van der Waals surface area contributed by atoms with Crippen LogP contribution in [0.5, 0.6) is 0 Å². The Hall–Kier alpha value is -1.60. The van der Waals surface area contributed by atoms with Crippen molar-refractivity contribution in [3.05, 3.63) is 70.8 Å². The highest BCUT2D eigenvalue weighted by molar-refractivity contribution is 5.45. The molecule has 1 unspecified atom stereocenters. The van der Waals surface area contributed by atoms with Crippen molar-refractivity contribution < 1.29 is 4.74 Å². The maximum absolute atomic E-state index is 5.99. The van der Waals surface area contributed by atoms with Crippen LogP contribution in [-0.4, -0.2) is 6.10 Å². The molecule has 1 aliphatic heterocycles. The van der Waals surface area contributed by atoms with Crippen LogP contribution in [0.2, 0.25) is 0 Å². The normalized spacial score (nSPS) is 20.7. The van der Waals surface area contributed by atoms with E-state index < -0.39 is 0 Å². The van der Waals surface area contributed by atoms with Gasteiger partial charge in [0.05, 0.1) is 6.10 Å². The van der Waals surface area contributed by atoms with E-state index in [0.29, 0.717) is 0 Å². The van der Waals surface area contributed by atoms with Crippen molar-refractivity contribution >= 4 is 0 Å². The van der Waals surface area contributed by atoms with Crippen molar-refractivity contribution in [2.24, 2.45) is 0 Å². The van der Waals surface area contributed by atoms with E-state index >= 15 is 0 Å². The molecule has 1 nitrogen and oxygen atoms in total. The topological polar surface area (TPSA) is 12.5 Å². The van der Waals surface area contributed by atoms with E-state index in [4.69, 9.17) is 4.74 Å². The van der Waals surface area contributed by atoms with Gasteiger partial charge in [-0.3, -0.25) is 0 Å². The van der Waals surface area contributed by atoms with Gasteiger partial charge in [-0.1, -0.05) is 59.7 Å². The molecule has 2 aromatic rings. The van der Waals surface area contributed by atoms with Crippen LogP contribution >= 0.6 is 0 Å². The molecule has 0 aromatic heterocycles. The van der Waals surface area contributed by atoms with Crippen molar-refractivity contribution in [1.82, 2.24) is 0 Å². The molecule has 0 N–H and O–H groups in total. The largest absolute Gasteiger partial charge is 0.356 e. The zero-order valence-electron chi connectivity index (χ0n) is 11.1. The fourth-order valence-electron chi connectivity index (χ4n) is 2.77. The Morgan fingerprint density at radius 2 is 1.33 bits per heavy atom. The number of epoxide rings is 1. The predicted molar refractivity (Wildman–Crippen MR) is 73.7 cm³/mol. The zero-order chi connectivity index (χ0) is 12.8. The summed E-state index contributed by atoms with van der Waals surface area (Å²) in [7, 11) is 0. The summed E-state index contributed by atoms with van der Waals surface area (Å²) in [6, 6.07) is 17.3. The number of aryl methyl sites for hydroxylation is 2. The smallest absolute Gasteiger partial charge is 0.144 e. The van der Waals surface area contributed by atoms with Gasteiger partial charge >= 0.3 is 0 Å². The van der Waals surface area contributed by atoms with E-state index in [1.165, 1.54) is 22.3 Å². The molecule has 0 saturated carbocycles. The lowest BCUT2D eigenvalue weighted by atomic mass is 9.87. The Morgan fingerprint density at radius 3 is 1.67 bits per heavy atom. The van der Waals surface area contributed by atoms with Gasteiger partial charge in [0, 0.05) is 0 Å². The van der Waals surface area contributed by atoms with E-state index in [9.17, 15) is 0 Å². The molecule has 1 heteroatoms. The SMILES string of the molecule is Cc1cccc(C2(c3cccc(C)c3)OC2C)c1. The van der Waals surface area contributed by atoms with E-state index in [0.717, 1.165) is 0 Å². The van der Waals surface area contributed by atoms with Gasteiger partial charge in [-0.05, 0) is 31.9 Å². The third-order valence-corrected chi connectivity index (χ3v) is 3.77. The van der Waals surface area contributed by atoms with E-state index in [1.807, 2.05) is 0 Å². The fraction of sp³-hybridized carbons (Fsp3) is 0.294. The molecular formula is C17H18O. The van der Waals surface area contributed by atoms with Crippen molar-refractivity contribution in [1.29, 1.82) is 0 Å². The molecular weight excluding hydrogens is 220 g/mol. The summed E-state index contributed by atoms with van der Waals surface area (Å²) < 4.78 is 5.99. The van der Waals surface area contributed by atoms with E-state index in [1.54, 1.807) is 0 Å². The monoisotopic (exact) mass is 238 g/mol. The van der Waals surface area contributed by atoms with Gasteiger partial charge in [0.25, 0.3) is 0 Å². The first-order chi connectivity index (χ1) is 8.63. The van der Waals surface area contributed by atoms with Gasteiger partial charge in [0.2, 0.25) is 0 Å². The van der Waals surface area contributed by atoms with Gasteiger partial charge in [-0.25, -0.2) is 0 Å². The van der Waals surface area contributed by atoms with Crippen LogP contribution in [0.1, 0.15) is 29.2 Å². The molecule has 1 heterocycles. The molecule has 0 radical (unpaired) electrons. The maximum atomic E-state index is 5.99. The highest BCUT2D eigenvalue weighted by Crippen LogP contribution is 2.51. The molecule has 1 atom stereocenters. The van der Waals surface area contributed by atoms with Gasteiger partial charge in [0.15, 0.2) is 0 Å². The summed E-state index contributed by atoms with van der Waals surface area (Å²) in [5.41, 5.74) is 4.86. The highest BCUT2D eigenvalue weighted by atomic mass is 16.6. The molecule has 0 bridgehead atoms. The first kappa shape index (κ1) is 11.5. The lowest BCUT2D eigenvalue weighted by Gasteiger charge is -2.15.